The van der Waals surface area contributed by atoms with Crippen molar-refractivity contribution in [3.63, 3.8) is 0 Å². The molecule has 0 aliphatic carbocycles. The maximum absolute atomic E-state index is 10.4. The van der Waals surface area contributed by atoms with E-state index in [1.165, 1.54) is 6.07 Å². The molecule has 64 valence electrons. The van der Waals surface area contributed by atoms with Gasteiger partial charge in [-0.15, -0.1) is 6.42 Å². The molecule has 0 aliphatic rings. The van der Waals surface area contributed by atoms with Crippen LogP contribution in [0.4, 0.5) is 5.69 Å². The first-order valence-electron chi connectivity index (χ1n) is 3.59. The lowest BCUT2D eigenvalue weighted by Gasteiger charge is -2.02. The van der Waals surface area contributed by atoms with Gasteiger partial charge in [-0.3, -0.25) is 10.2 Å². The third-order valence-electron chi connectivity index (χ3n) is 1.63. The summed E-state index contributed by atoms with van der Waals surface area (Å²) in [5.74, 6) is 2.17. The number of carbonyl (C=O) groups excluding carboxylic acids is 1. The largest absolute Gasteiger partial charge is 0.398 e. The molecule has 3 N–H and O–H groups in total. The number of hydrogen-bond donors (Lipinski definition) is 2. The molecule has 0 bridgehead atoms. The van der Waals surface area contributed by atoms with Crippen molar-refractivity contribution in [1.29, 1.82) is 5.41 Å². The summed E-state index contributed by atoms with van der Waals surface area (Å²) in [5.41, 5.74) is 6.91. The molecule has 0 unspecified atom stereocenters. The van der Waals surface area contributed by atoms with E-state index in [0.29, 0.717) is 23.1 Å². The maximum atomic E-state index is 10.4. The molecule has 0 saturated carbocycles. The fourth-order valence-electron chi connectivity index (χ4n) is 0.960. The summed E-state index contributed by atoms with van der Waals surface area (Å²) in [6, 6.07) is 4.64. The summed E-state index contributed by atoms with van der Waals surface area (Å²) < 4.78 is 0. The molecule has 3 heteroatoms. The second-order valence-electron chi connectivity index (χ2n) is 2.48. The van der Waals surface area contributed by atoms with E-state index in [1.54, 1.807) is 12.1 Å². The molecule has 0 aromatic heterocycles. The normalized spacial score (nSPS) is 8.85. The summed E-state index contributed by atoms with van der Waals surface area (Å²) in [6.45, 7) is 0. The van der Waals surface area contributed by atoms with Gasteiger partial charge in [0.15, 0.2) is 0 Å². The molecule has 0 radical (unpaired) electrons. The second kappa shape index (κ2) is 3.55. The summed E-state index contributed by atoms with van der Waals surface area (Å²) in [7, 11) is 0. The lowest BCUT2D eigenvalue weighted by atomic mass is 10.1. The number of rotatable bonds is 2. The molecule has 1 rings (SSSR count). The second-order valence-corrected chi connectivity index (χ2v) is 2.48. The highest BCUT2D eigenvalue weighted by molar-refractivity contribution is 6.13. The fraction of sp³-hybridized carbons (Fsp3) is 0. The smallest absolute Gasteiger partial charge is 0.150 e. The molecular weight excluding hydrogens is 164 g/mol. The number of anilines is 1. The SMILES string of the molecule is C#CC(=N)c1ccc(C=O)cc1N. The summed E-state index contributed by atoms with van der Waals surface area (Å²) in [5, 5.41) is 7.34. The van der Waals surface area contributed by atoms with Gasteiger partial charge in [0.1, 0.15) is 12.0 Å². The van der Waals surface area contributed by atoms with E-state index in [2.05, 4.69) is 5.92 Å². The van der Waals surface area contributed by atoms with Gasteiger partial charge < -0.3 is 5.73 Å². The van der Waals surface area contributed by atoms with Gasteiger partial charge >= 0.3 is 0 Å². The Bertz CT molecular complexity index is 402. The van der Waals surface area contributed by atoms with E-state index >= 15 is 0 Å². The summed E-state index contributed by atoms with van der Waals surface area (Å²) >= 11 is 0. The zero-order valence-electron chi connectivity index (χ0n) is 6.87. The van der Waals surface area contributed by atoms with Crippen LogP contribution in [0.15, 0.2) is 18.2 Å². The van der Waals surface area contributed by atoms with Gasteiger partial charge in [-0.1, -0.05) is 12.0 Å². The zero-order valence-corrected chi connectivity index (χ0v) is 6.87. The van der Waals surface area contributed by atoms with Gasteiger partial charge in [0.05, 0.1) is 0 Å². The van der Waals surface area contributed by atoms with Gasteiger partial charge in [-0.05, 0) is 12.1 Å². The highest BCUT2D eigenvalue weighted by Crippen LogP contribution is 2.13. The number of aldehydes is 1. The lowest BCUT2D eigenvalue weighted by Crippen LogP contribution is -2.01. The van der Waals surface area contributed by atoms with Crippen molar-refractivity contribution in [3.8, 4) is 12.3 Å². The molecule has 0 atom stereocenters. The number of hydrogen-bond acceptors (Lipinski definition) is 3. The standard InChI is InChI=1S/C10H8N2O/c1-2-9(11)8-4-3-7(6-13)5-10(8)12/h1,3-6,11H,12H2. The van der Waals surface area contributed by atoms with Crippen molar-refractivity contribution < 1.29 is 4.79 Å². The quantitative estimate of drug-likeness (QED) is 0.303. The minimum Gasteiger partial charge on any atom is -0.398 e. The van der Waals surface area contributed by atoms with Gasteiger partial charge in [0.2, 0.25) is 0 Å². The Morgan fingerprint density at radius 1 is 1.62 bits per heavy atom. The van der Waals surface area contributed by atoms with Crippen LogP contribution in [0.5, 0.6) is 0 Å². The number of nitrogen functional groups attached to an aromatic ring is 1. The van der Waals surface area contributed by atoms with Crippen LogP contribution < -0.4 is 5.73 Å². The molecule has 0 amide bonds. The highest BCUT2D eigenvalue weighted by Gasteiger charge is 2.03. The number of terminal acetylenes is 1. The third-order valence-corrected chi connectivity index (χ3v) is 1.63. The molecule has 0 saturated heterocycles. The molecule has 3 nitrogen and oxygen atoms in total. The van der Waals surface area contributed by atoms with Crippen molar-refractivity contribution in [2.24, 2.45) is 0 Å². The average molecular weight is 172 g/mol. The number of nitrogens with two attached hydrogens (primary N) is 1. The molecule has 0 heterocycles. The first-order chi connectivity index (χ1) is 6.19. The predicted molar refractivity (Wildman–Crippen MR) is 51.9 cm³/mol. The number of carbonyl (C=O) groups is 1. The molecule has 0 aliphatic heterocycles. The molecule has 1 aromatic carbocycles. The van der Waals surface area contributed by atoms with Crippen molar-refractivity contribution in [1.82, 2.24) is 0 Å². The Morgan fingerprint density at radius 3 is 2.77 bits per heavy atom. The van der Waals surface area contributed by atoms with Crippen molar-refractivity contribution >= 4 is 17.7 Å². The molecular formula is C10H8N2O. The number of nitrogens with one attached hydrogen (secondary N) is 1. The zero-order chi connectivity index (χ0) is 9.84. The maximum Gasteiger partial charge on any atom is 0.150 e. The molecule has 0 spiro atoms. The van der Waals surface area contributed by atoms with Crippen molar-refractivity contribution in [3.05, 3.63) is 29.3 Å². The first-order valence-corrected chi connectivity index (χ1v) is 3.59. The minimum absolute atomic E-state index is 0.0231. The van der Waals surface area contributed by atoms with Crippen LogP contribution in [0.1, 0.15) is 15.9 Å². The lowest BCUT2D eigenvalue weighted by molar-refractivity contribution is 0.112. The van der Waals surface area contributed by atoms with Crippen molar-refractivity contribution in [2.45, 2.75) is 0 Å². The summed E-state index contributed by atoms with van der Waals surface area (Å²) in [6.07, 6.45) is 5.74. The summed E-state index contributed by atoms with van der Waals surface area (Å²) in [4.78, 5) is 10.4. The minimum atomic E-state index is 0.0231. The number of benzene rings is 1. The Morgan fingerprint density at radius 2 is 2.31 bits per heavy atom. The monoisotopic (exact) mass is 172 g/mol. The van der Waals surface area contributed by atoms with Crippen LogP contribution in [0.25, 0.3) is 0 Å². The van der Waals surface area contributed by atoms with Crippen molar-refractivity contribution in [2.75, 3.05) is 5.73 Å². The topological polar surface area (TPSA) is 66.9 Å². The molecule has 1 aromatic rings. The Hall–Kier alpha value is -2.08. The third kappa shape index (κ3) is 1.74. The predicted octanol–water partition coefficient (Wildman–Crippen LogP) is 1.08. The fourth-order valence-corrected chi connectivity index (χ4v) is 0.960. The molecule has 13 heavy (non-hydrogen) atoms. The van der Waals surface area contributed by atoms with Crippen LogP contribution in [-0.4, -0.2) is 12.0 Å². The highest BCUT2D eigenvalue weighted by atomic mass is 16.1. The van der Waals surface area contributed by atoms with E-state index in [9.17, 15) is 4.79 Å². The van der Waals surface area contributed by atoms with Crippen LogP contribution >= 0.6 is 0 Å². The van der Waals surface area contributed by atoms with E-state index in [-0.39, 0.29) is 5.71 Å². The van der Waals surface area contributed by atoms with Crippen LogP contribution in [0, 0.1) is 17.8 Å². The Labute approximate surface area is 76.1 Å². The van der Waals surface area contributed by atoms with Gasteiger partial charge in [0.25, 0.3) is 0 Å². The van der Waals surface area contributed by atoms with Gasteiger partial charge in [-0.2, -0.15) is 0 Å². The van der Waals surface area contributed by atoms with Gasteiger partial charge in [0, 0.05) is 16.8 Å². The molecule has 0 fully saturated rings. The Kier molecular flexibility index (Phi) is 2.46. The van der Waals surface area contributed by atoms with Crippen LogP contribution in [-0.2, 0) is 0 Å². The van der Waals surface area contributed by atoms with E-state index in [4.69, 9.17) is 17.6 Å². The van der Waals surface area contributed by atoms with E-state index in [1.807, 2.05) is 0 Å². The average Bonchev–Trinajstić information content (AvgIpc) is 2.16. The van der Waals surface area contributed by atoms with Crippen LogP contribution in [0.2, 0.25) is 0 Å². The van der Waals surface area contributed by atoms with E-state index < -0.39 is 0 Å². The van der Waals surface area contributed by atoms with Crippen LogP contribution in [0.3, 0.4) is 0 Å². The van der Waals surface area contributed by atoms with Gasteiger partial charge in [-0.25, -0.2) is 0 Å². The Balaban J connectivity index is 3.21. The van der Waals surface area contributed by atoms with E-state index in [0.717, 1.165) is 0 Å². The first kappa shape index (κ1) is 9.01.